The quantitative estimate of drug-likeness (QED) is 0.751. The maximum absolute atomic E-state index is 3.84. The van der Waals surface area contributed by atoms with Crippen molar-refractivity contribution in [3.63, 3.8) is 0 Å². The van der Waals surface area contributed by atoms with E-state index in [1.807, 2.05) is 71.9 Å². The minimum atomic E-state index is 1.07. The van der Waals surface area contributed by atoms with Gasteiger partial charge in [0.15, 0.2) is 0 Å². The Kier molecular flexibility index (Phi) is 14.6. The molecular weight excluding hydrogens is 254 g/mol. The summed E-state index contributed by atoms with van der Waals surface area (Å²) in [6.07, 6.45) is 13.7. The fourth-order valence-corrected chi connectivity index (χ4v) is 1.61. The van der Waals surface area contributed by atoms with Gasteiger partial charge in [0.2, 0.25) is 0 Å². The molecule has 0 aliphatic heterocycles. The molecule has 0 saturated heterocycles. The Hall–Kier alpha value is -2.02. The van der Waals surface area contributed by atoms with E-state index in [1.54, 1.807) is 6.08 Å². The van der Waals surface area contributed by atoms with Crippen LogP contribution in [-0.4, -0.2) is 4.98 Å². The van der Waals surface area contributed by atoms with Gasteiger partial charge in [0, 0.05) is 11.0 Å². The number of aromatic nitrogens is 1. The van der Waals surface area contributed by atoms with Gasteiger partial charge in [-0.1, -0.05) is 83.4 Å². The summed E-state index contributed by atoms with van der Waals surface area (Å²) in [5, 5.41) is 2.25. The van der Waals surface area contributed by atoms with E-state index in [0.717, 1.165) is 21.8 Å². The van der Waals surface area contributed by atoms with Crippen LogP contribution in [-0.2, 0) is 0 Å². The molecule has 0 aromatic carbocycles. The van der Waals surface area contributed by atoms with E-state index in [4.69, 9.17) is 0 Å². The minimum Gasteiger partial charge on any atom is -0.355 e. The summed E-state index contributed by atoms with van der Waals surface area (Å²) in [5.74, 6) is 0. The Bertz CT molecular complexity index is 565. The zero-order chi connectivity index (χ0) is 16.7. The second-order valence-corrected chi connectivity index (χ2v) is 3.59. The predicted molar refractivity (Wildman–Crippen MR) is 101 cm³/mol. The molecule has 0 unspecified atom stereocenters. The molecule has 1 N–H and O–H groups in total. The number of allylic oxidation sites excluding steroid dienone is 6. The van der Waals surface area contributed by atoms with Gasteiger partial charge in [-0.25, -0.2) is 0 Å². The molecule has 0 aliphatic carbocycles. The molecule has 1 heteroatoms. The van der Waals surface area contributed by atoms with Crippen LogP contribution < -0.4 is 10.6 Å². The molecule has 0 spiro atoms. The van der Waals surface area contributed by atoms with Crippen LogP contribution in [0.25, 0.3) is 17.7 Å². The second kappa shape index (κ2) is 14.4. The van der Waals surface area contributed by atoms with E-state index in [-0.39, 0.29) is 0 Å². The highest BCUT2D eigenvalue weighted by atomic mass is 14.7. The molecule has 0 radical (unpaired) electrons. The van der Waals surface area contributed by atoms with Gasteiger partial charge in [-0.05, 0) is 30.7 Å². The Morgan fingerprint density at radius 1 is 1.10 bits per heavy atom. The third-order valence-electron chi connectivity index (χ3n) is 2.47. The Labute approximate surface area is 130 Å². The van der Waals surface area contributed by atoms with Crippen molar-refractivity contribution in [2.45, 2.75) is 41.5 Å². The van der Waals surface area contributed by atoms with Crippen LogP contribution in [0.2, 0.25) is 0 Å². The molecule has 21 heavy (non-hydrogen) atoms. The molecule has 0 bridgehead atoms. The number of nitrogens with one attached hydrogen (secondary N) is 1. The van der Waals surface area contributed by atoms with Crippen molar-refractivity contribution in [2.75, 3.05) is 0 Å². The number of hydrogen-bond donors (Lipinski definition) is 1. The molecule has 0 amide bonds. The summed E-state index contributed by atoms with van der Waals surface area (Å²) in [7, 11) is 0. The average molecular weight is 285 g/mol. The van der Waals surface area contributed by atoms with Crippen molar-refractivity contribution in [3.05, 3.63) is 65.9 Å². The molecule has 0 aliphatic rings. The van der Waals surface area contributed by atoms with Crippen LogP contribution in [0.1, 0.15) is 47.2 Å². The van der Waals surface area contributed by atoms with Gasteiger partial charge >= 0.3 is 0 Å². The Morgan fingerprint density at radius 2 is 1.71 bits per heavy atom. The number of rotatable bonds is 4. The van der Waals surface area contributed by atoms with Crippen molar-refractivity contribution in [3.8, 4) is 0 Å². The fourth-order valence-electron chi connectivity index (χ4n) is 1.61. The summed E-state index contributed by atoms with van der Waals surface area (Å²) in [5.41, 5.74) is 2.15. The minimum absolute atomic E-state index is 1.07. The lowest BCUT2D eigenvalue weighted by Crippen LogP contribution is -2.20. The lowest BCUT2D eigenvalue weighted by atomic mass is 10.1. The van der Waals surface area contributed by atoms with Gasteiger partial charge in [-0.3, -0.25) is 0 Å². The van der Waals surface area contributed by atoms with Crippen LogP contribution in [0.15, 0.2) is 49.6 Å². The smallest absolute Gasteiger partial charge is 0.0464 e. The normalized spacial score (nSPS) is 12.4. The third-order valence-corrected chi connectivity index (χ3v) is 2.47. The third kappa shape index (κ3) is 7.36. The van der Waals surface area contributed by atoms with Crippen LogP contribution in [0.4, 0.5) is 0 Å². The first-order valence-corrected chi connectivity index (χ1v) is 7.70. The van der Waals surface area contributed by atoms with E-state index >= 15 is 0 Å². The summed E-state index contributed by atoms with van der Waals surface area (Å²) in [4.78, 5) is 3.37. The summed E-state index contributed by atoms with van der Waals surface area (Å²) in [6.45, 7) is 19.6. The zero-order valence-corrected chi connectivity index (χ0v) is 14.5. The zero-order valence-electron chi connectivity index (χ0n) is 14.5. The Balaban J connectivity index is 0. The van der Waals surface area contributed by atoms with Gasteiger partial charge in [0.25, 0.3) is 0 Å². The van der Waals surface area contributed by atoms with E-state index in [0.29, 0.717) is 0 Å². The largest absolute Gasteiger partial charge is 0.355 e. The maximum Gasteiger partial charge on any atom is 0.0464 e. The highest BCUT2D eigenvalue weighted by Gasteiger charge is 1.98. The average Bonchev–Trinajstić information content (AvgIpc) is 2.95. The van der Waals surface area contributed by atoms with Crippen molar-refractivity contribution >= 4 is 17.7 Å². The monoisotopic (exact) mass is 285 g/mol. The van der Waals surface area contributed by atoms with Crippen molar-refractivity contribution in [1.29, 1.82) is 0 Å². The van der Waals surface area contributed by atoms with E-state index in [1.165, 1.54) is 0 Å². The predicted octanol–water partition coefficient (Wildman–Crippen LogP) is 4.98. The first-order valence-electron chi connectivity index (χ1n) is 7.70. The van der Waals surface area contributed by atoms with Gasteiger partial charge in [-0.15, -0.1) is 0 Å². The molecule has 116 valence electrons. The van der Waals surface area contributed by atoms with Gasteiger partial charge < -0.3 is 4.98 Å². The molecule has 0 saturated carbocycles. The van der Waals surface area contributed by atoms with Crippen molar-refractivity contribution in [1.82, 2.24) is 4.98 Å². The van der Waals surface area contributed by atoms with Gasteiger partial charge in [-0.2, -0.15) is 0 Å². The summed E-state index contributed by atoms with van der Waals surface area (Å²) < 4.78 is 0. The maximum atomic E-state index is 3.84. The number of hydrogen-bond acceptors (Lipinski definition) is 0. The highest BCUT2D eigenvalue weighted by Crippen LogP contribution is 2.09. The SMILES string of the molecule is C=C/C=c1/cc(/C(C=C)=C/C=C\C)[nH]/c1=C/C.CC.CC. The molecule has 1 heterocycles. The van der Waals surface area contributed by atoms with E-state index in [9.17, 15) is 0 Å². The van der Waals surface area contributed by atoms with Crippen molar-refractivity contribution in [2.24, 2.45) is 0 Å². The van der Waals surface area contributed by atoms with E-state index in [2.05, 4.69) is 30.3 Å². The Morgan fingerprint density at radius 3 is 2.14 bits per heavy atom. The first kappa shape index (κ1) is 21.3. The topological polar surface area (TPSA) is 15.8 Å². The molecule has 0 atom stereocenters. The molecular formula is C20H31N. The molecule has 0 fully saturated rings. The number of H-pyrrole nitrogens is 1. The van der Waals surface area contributed by atoms with Gasteiger partial charge in [0.05, 0.1) is 0 Å². The van der Waals surface area contributed by atoms with Gasteiger partial charge in [0.1, 0.15) is 0 Å². The second-order valence-electron chi connectivity index (χ2n) is 3.59. The standard InChI is InChI=1S/C16H19N.2C2H6/c1-5-9-11-13(7-3)16-12-14(10-6-2)15(8-4)17-16;2*1-2/h5-12,17H,2-3H2,1,4H3;2*1-2H3/b9-5-,13-11+,14-10-,15-8+;;. The van der Waals surface area contributed by atoms with Crippen LogP contribution in [0.3, 0.4) is 0 Å². The molecule has 1 aromatic heterocycles. The van der Waals surface area contributed by atoms with E-state index < -0.39 is 0 Å². The summed E-state index contributed by atoms with van der Waals surface area (Å²) in [6, 6.07) is 2.11. The lowest BCUT2D eigenvalue weighted by molar-refractivity contribution is 1.28. The number of aromatic amines is 1. The molecule has 1 nitrogen and oxygen atoms in total. The summed E-state index contributed by atoms with van der Waals surface area (Å²) >= 11 is 0. The van der Waals surface area contributed by atoms with Crippen LogP contribution in [0, 0.1) is 0 Å². The lowest BCUT2D eigenvalue weighted by Gasteiger charge is -1.95. The molecule has 1 aromatic rings. The van der Waals surface area contributed by atoms with Crippen molar-refractivity contribution < 1.29 is 0 Å². The molecule has 1 rings (SSSR count). The van der Waals surface area contributed by atoms with Crippen LogP contribution in [0.5, 0.6) is 0 Å². The first-order chi connectivity index (χ1) is 10.3. The van der Waals surface area contributed by atoms with Crippen LogP contribution >= 0.6 is 0 Å². The fraction of sp³-hybridized carbons (Fsp3) is 0.300. The highest BCUT2D eigenvalue weighted by molar-refractivity contribution is 5.72.